The number of aryl methyl sites for hydroxylation is 1. The fourth-order valence-corrected chi connectivity index (χ4v) is 3.20. The zero-order valence-electron chi connectivity index (χ0n) is 16.1. The molecule has 0 radical (unpaired) electrons. The smallest absolute Gasteiger partial charge is 0.191 e. The van der Waals surface area contributed by atoms with E-state index >= 15 is 0 Å². The maximum absolute atomic E-state index is 4.37. The number of fused-ring (bicyclic) bond motifs is 1. The molecule has 3 rings (SSSR count). The van der Waals surface area contributed by atoms with Gasteiger partial charge < -0.3 is 10.6 Å². The normalized spacial score (nSPS) is 12.3. The highest BCUT2D eigenvalue weighted by atomic mass is 127. The lowest BCUT2D eigenvalue weighted by Crippen LogP contribution is -2.39. The number of halogens is 1. The molecule has 5 heteroatoms. The SMILES string of the molecule is CN=C(NCCc1ccncc1C)NC(C)c1cccc2ccccc12.I. The molecule has 0 fully saturated rings. The van der Waals surface area contributed by atoms with Gasteiger partial charge in [-0.1, -0.05) is 42.5 Å². The Kier molecular flexibility index (Phi) is 8.03. The van der Waals surface area contributed by atoms with Gasteiger partial charge in [0.25, 0.3) is 0 Å². The summed E-state index contributed by atoms with van der Waals surface area (Å²) in [6.45, 7) is 5.09. The van der Waals surface area contributed by atoms with E-state index in [4.69, 9.17) is 0 Å². The Morgan fingerprint density at radius 1 is 1.11 bits per heavy atom. The van der Waals surface area contributed by atoms with E-state index in [1.165, 1.54) is 27.5 Å². The van der Waals surface area contributed by atoms with Gasteiger partial charge in [-0.05, 0) is 53.8 Å². The molecule has 1 unspecified atom stereocenters. The third-order valence-electron chi connectivity index (χ3n) is 4.69. The first-order chi connectivity index (χ1) is 12.7. The molecule has 0 saturated carbocycles. The number of nitrogens with one attached hydrogen (secondary N) is 2. The van der Waals surface area contributed by atoms with E-state index < -0.39 is 0 Å². The third kappa shape index (κ3) is 5.42. The van der Waals surface area contributed by atoms with E-state index in [1.54, 1.807) is 0 Å². The molecule has 1 atom stereocenters. The van der Waals surface area contributed by atoms with Crippen molar-refractivity contribution in [1.29, 1.82) is 0 Å². The minimum atomic E-state index is 0. The Morgan fingerprint density at radius 3 is 2.67 bits per heavy atom. The summed E-state index contributed by atoms with van der Waals surface area (Å²) in [6.07, 6.45) is 4.70. The molecule has 2 aromatic carbocycles. The van der Waals surface area contributed by atoms with E-state index in [1.807, 2.05) is 19.4 Å². The Hall–Kier alpha value is -2.15. The number of aliphatic imine (C=N–C) groups is 1. The minimum absolute atomic E-state index is 0. The summed E-state index contributed by atoms with van der Waals surface area (Å²) in [5, 5.41) is 9.45. The Bertz CT molecular complexity index is 902. The molecule has 0 saturated heterocycles. The molecular formula is C22H27IN4. The van der Waals surface area contributed by atoms with Crippen LogP contribution in [0.5, 0.6) is 0 Å². The molecule has 3 aromatic rings. The summed E-state index contributed by atoms with van der Waals surface area (Å²) >= 11 is 0. The third-order valence-corrected chi connectivity index (χ3v) is 4.69. The van der Waals surface area contributed by atoms with Crippen LogP contribution in [0.25, 0.3) is 10.8 Å². The van der Waals surface area contributed by atoms with E-state index in [-0.39, 0.29) is 30.0 Å². The largest absolute Gasteiger partial charge is 0.356 e. The molecule has 27 heavy (non-hydrogen) atoms. The number of nitrogens with zero attached hydrogens (tertiary/aromatic N) is 2. The van der Waals surface area contributed by atoms with Crippen LogP contribution in [0.15, 0.2) is 65.9 Å². The van der Waals surface area contributed by atoms with Crippen LogP contribution in [0.1, 0.15) is 29.7 Å². The van der Waals surface area contributed by atoms with Crippen molar-refractivity contribution in [2.24, 2.45) is 4.99 Å². The average molecular weight is 474 g/mol. The Morgan fingerprint density at radius 2 is 1.89 bits per heavy atom. The van der Waals surface area contributed by atoms with Crippen molar-refractivity contribution in [3.8, 4) is 0 Å². The molecule has 1 aromatic heterocycles. The van der Waals surface area contributed by atoms with Crippen molar-refractivity contribution >= 4 is 40.7 Å². The molecule has 0 aliphatic rings. The summed E-state index contributed by atoms with van der Waals surface area (Å²) < 4.78 is 0. The van der Waals surface area contributed by atoms with Gasteiger partial charge in [-0.15, -0.1) is 24.0 Å². The highest BCUT2D eigenvalue weighted by Crippen LogP contribution is 2.23. The predicted molar refractivity (Wildman–Crippen MR) is 125 cm³/mol. The van der Waals surface area contributed by atoms with Gasteiger partial charge in [0.1, 0.15) is 0 Å². The van der Waals surface area contributed by atoms with Crippen LogP contribution in [0.4, 0.5) is 0 Å². The van der Waals surface area contributed by atoms with Crippen molar-refractivity contribution in [2.45, 2.75) is 26.3 Å². The van der Waals surface area contributed by atoms with Crippen molar-refractivity contribution in [3.63, 3.8) is 0 Å². The van der Waals surface area contributed by atoms with Crippen molar-refractivity contribution in [3.05, 3.63) is 77.6 Å². The number of guanidine groups is 1. The van der Waals surface area contributed by atoms with Crippen LogP contribution in [0.2, 0.25) is 0 Å². The van der Waals surface area contributed by atoms with Gasteiger partial charge >= 0.3 is 0 Å². The van der Waals surface area contributed by atoms with Crippen LogP contribution in [0.3, 0.4) is 0 Å². The first-order valence-corrected chi connectivity index (χ1v) is 9.03. The number of benzene rings is 2. The van der Waals surface area contributed by atoms with Gasteiger partial charge in [0.2, 0.25) is 0 Å². The quantitative estimate of drug-likeness (QED) is 0.322. The fourth-order valence-electron chi connectivity index (χ4n) is 3.20. The molecule has 1 heterocycles. The van der Waals surface area contributed by atoms with Crippen LogP contribution in [0, 0.1) is 6.92 Å². The van der Waals surface area contributed by atoms with E-state index in [9.17, 15) is 0 Å². The number of pyridine rings is 1. The van der Waals surface area contributed by atoms with Crippen LogP contribution in [-0.2, 0) is 6.42 Å². The highest BCUT2D eigenvalue weighted by molar-refractivity contribution is 14.0. The second-order valence-corrected chi connectivity index (χ2v) is 6.49. The maximum Gasteiger partial charge on any atom is 0.191 e. The average Bonchev–Trinajstić information content (AvgIpc) is 2.68. The number of hydrogen-bond donors (Lipinski definition) is 2. The van der Waals surface area contributed by atoms with Gasteiger partial charge in [-0.2, -0.15) is 0 Å². The van der Waals surface area contributed by atoms with Crippen molar-refractivity contribution in [1.82, 2.24) is 15.6 Å². The molecule has 0 bridgehead atoms. The molecule has 0 spiro atoms. The first kappa shape index (κ1) is 21.2. The van der Waals surface area contributed by atoms with Gasteiger partial charge in [-0.25, -0.2) is 0 Å². The first-order valence-electron chi connectivity index (χ1n) is 9.03. The monoisotopic (exact) mass is 474 g/mol. The summed E-state index contributed by atoms with van der Waals surface area (Å²) in [5.41, 5.74) is 3.81. The highest BCUT2D eigenvalue weighted by Gasteiger charge is 2.10. The molecule has 4 nitrogen and oxygen atoms in total. The van der Waals surface area contributed by atoms with Crippen LogP contribution < -0.4 is 10.6 Å². The van der Waals surface area contributed by atoms with Crippen molar-refractivity contribution < 1.29 is 0 Å². The fraction of sp³-hybridized carbons (Fsp3) is 0.273. The second kappa shape index (κ2) is 10.3. The zero-order valence-corrected chi connectivity index (χ0v) is 18.4. The maximum atomic E-state index is 4.37. The summed E-state index contributed by atoms with van der Waals surface area (Å²) in [7, 11) is 1.81. The second-order valence-electron chi connectivity index (χ2n) is 6.49. The topological polar surface area (TPSA) is 49.3 Å². The van der Waals surface area contributed by atoms with E-state index in [0.29, 0.717) is 0 Å². The Labute approximate surface area is 178 Å². The van der Waals surface area contributed by atoms with Gasteiger partial charge in [0.05, 0.1) is 6.04 Å². The number of hydrogen-bond acceptors (Lipinski definition) is 2. The molecule has 0 aliphatic heterocycles. The number of aromatic nitrogens is 1. The summed E-state index contributed by atoms with van der Waals surface area (Å²) in [6, 6.07) is 17.2. The lowest BCUT2D eigenvalue weighted by atomic mass is 10.00. The number of rotatable bonds is 5. The molecule has 2 N–H and O–H groups in total. The van der Waals surface area contributed by atoms with Crippen LogP contribution >= 0.6 is 24.0 Å². The van der Waals surface area contributed by atoms with Gasteiger partial charge in [-0.3, -0.25) is 9.98 Å². The van der Waals surface area contributed by atoms with Crippen molar-refractivity contribution in [2.75, 3.05) is 13.6 Å². The molecule has 0 amide bonds. The standard InChI is InChI=1S/C22H26N4.HI/c1-16-15-24-13-11-18(16)12-14-25-22(23-3)26-17(2)20-10-6-8-19-7-4-5-9-21(19)20;/h4-11,13,15,17H,12,14H2,1-3H3,(H2,23,25,26);1H. The van der Waals surface area contributed by atoms with Gasteiger partial charge in [0.15, 0.2) is 5.96 Å². The zero-order chi connectivity index (χ0) is 18.4. The summed E-state index contributed by atoms with van der Waals surface area (Å²) in [5.74, 6) is 0.817. The predicted octanol–water partition coefficient (Wildman–Crippen LogP) is 4.63. The molecule has 0 aliphatic carbocycles. The lowest BCUT2D eigenvalue weighted by molar-refractivity contribution is 0.688. The van der Waals surface area contributed by atoms with Gasteiger partial charge in [0, 0.05) is 26.0 Å². The van der Waals surface area contributed by atoms with E-state index in [2.05, 4.69) is 83.0 Å². The Balaban J connectivity index is 0.00000261. The van der Waals surface area contributed by atoms with Crippen LogP contribution in [-0.4, -0.2) is 24.5 Å². The van der Waals surface area contributed by atoms with E-state index in [0.717, 1.165) is 18.9 Å². The minimum Gasteiger partial charge on any atom is -0.356 e. The molecule has 142 valence electrons. The lowest BCUT2D eigenvalue weighted by Gasteiger charge is -2.20. The summed E-state index contributed by atoms with van der Waals surface area (Å²) in [4.78, 5) is 8.51. The molecular weight excluding hydrogens is 447 g/mol.